The lowest BCUT2D eigenvalue weighted by atomic mass is 9.93. The minimum atomic E-state index is -4.32. The van der Waals surface area contributed by atoms with Crippen molar-refractivity contribution >= 4 is 29.9 Å². The van der Waals surface area contributed by atoms with E-state index in [9.17, 15) is 13.2 Å². The van der Waals surface area contributed by atoms with Gasteiger partial charge in [-0.15, -0.1) is 24.0 Å². The molecule has 4 nitrogen and oxygen atoms in total. The summed E-state index contributed by atoms with van der Waals surface area (Å²) in [6.45, 7) is 5.68. The van der Waals surface area contributed by atoms with Gasteiger partial charge in [0.1, 0.15) is 5.75 Å². The van der Waals surface area contributed by atoms with E-state index in [1.54, 1.807) is 31.3 Å². The summed E-state index contributed by atoms with van der Waals surface area (Å²) >= 11 is 0. The maximum absolute atomic E-state index is 12.1. The van der Waals surface area contributed by atoms with Crippen molar-refractivity contribution < 1.29 is 17.9 Å². The van der Waals surface area contributed by atoms with Gasteiger partial charge in [0.25, 0.3) is 0 Å². The molecule has 0 saturated carbocycles. The van der Waals surface area contributed by atoms with Gasteiger partial charge in [0, 0.05) is 26.7 Å². The number of hydrogen-bond acceptors (Lipinski definition) is 2. The van der Waals surface area contributed by atoms with Gasteiger partial charge in [0.15, 0.2) is 12.6 Å². The van der Waals surface area contributed by atoms with Crippen LogP contribution in [0.25, 0.3) is 0 Å². The number of aliphatic imine (C=N–C) groups is 1. The summed E-state index contributed by atoms with van der Waals surface area (Å²) in [6.07, 6.45) is -3.20. The van der Waals surface area contributed by atoms with E-state index in [1.807, 2.05) is 0 Å². The average molecular weight is 471 g/mol. The average Bonchev–Trinajstić information content (AvgIpc) is 2.86. The molecule has 1 fully saturated rings. The number of benzene rings is 1. The van der Waals surface area contributed by atoms with Gasteiger partial charge in [-0.05, 0) is 29.5 Å². The first-order chi connectivity index (χ1) is 11.2. The molecule has 0 unspecified atom stereocenters. The number of rotatable bonds is 4. The zero-order valence-electron chi connectivity index (χ0n) is 14.7. The molecule has 0 atom stereocenters. The molecular weight excluding hydrogens is 446 g/mol. The Hall–Kier alpha value is -1.19. The molecule has 0 spiro atoms. The van der Waals surface area contributed by atoms with Crippen molar-refractivity contribution in [3.8, 4) is 5.75 Å². The highest BCUT2D eigenvalue weighted by Gasteiger charge is 2.31. The Labute approximate surface area is 163 Å². The van der Waals surface area contributed by atoms with Gasteiger partial charge in [-0.3, -0.25) is 4.99 Å². The van der Waals surface area contributed by atoms with Crippen LogP contribution < -0.4 is 10.1 Å². The Kier molecular flexibility index (Phi) is 7.83. The van der Waals surface area contributed by atoms with Gasteiger partial charge >= 0.3 is 6.18 Å². The van der Waals surface area contributed by atoms with Crippen LogP contribution in [0.2, 0.25) is 0 Å². The van der Waals surface area contributed by atoms with E-state index in [0.717, 1.165) is 31.0 Å². The number of alkyl halides is 3. The molecule has 1 heterocycles. The fourth-order valence-electron chi connectivity index (χ4n) is 2.68. The summed E-state index contributed by atoms with van der Waals surface area (Å²) in [7, 11) is 1.75. The lowest BCUT2D eigenvalue weighted by Gasteiger charge is -2.23. The highest BCUT2D eigenvalue weighted by Crippen LogP contribution is 2.28. The molecule has 0 bridgehead atoms. The number of nitrogens with one attached hydrogen (secondary N) is 1. The molecule has 8 heteroatoms. The number of ether oxygens (including phenoxy) is 1. The van der Waals surface area contributed by atoms with Crippen LogP contribution in [-0.2, 0) is 6.54 Å². The van der Waals surface area contributed by atoms with Gasteiger partial charge in [0.05, 0.1) is 0 Å². The van der Waals surface area contributed by atoms with Gasteiger partial charge < -0.3 is 15.0 Å². The Bertz CT molecular complexity index is 573. The normalized spacial score (nSPS) is 17.2. The molecule has 1 saturated heterocycles. The van der Waals surface area contributed by atoms with Crippen molar-refractivity contribution in [1.82, 2.24) is 10.2 Å². The van der Waals surface area contributed by atoms with E-state index < -0.39 is 12.8 Å². The molecule has 1 N–H and O–H groups in total. The molecule has 0 radical (unpaired) electrons. The molecule has 2 rings (SSSR count). The van der Waals surface area contributed by atoms with Gasteiger partial charge in [-0.2, -0.15) is 13.2 Å². The van der Waals surface area contributed by atoms with Crippen LogP contribution in [0.1, 0.15) is 25.8 Å². The Morgan fingerprint density at radius 2 is 1.92 bits per heavy atom. The zero-order chi connectivity index (χ0) is 17.8. The van der Waals surface area contributed by atoms with E-state index in [-0.39, 0.29) is 35.1 Å². The van der Waals surface area contributed by atoms with E-state index in [2.05, 4.69) is 29.1 Å². The number of nitrogens with zero attached hydrogens (tertiary/aromatic N) is 2. The Balaban J connectivity index is 0.00000312. The largest absolute Gasteiger partial charge is 0.484 e. The third-order valence-corrected chi connectivity index (χ3v) is 3.97. The monoisotopic (exact) mass is 471 g/mol. The smallest absolute Gasteiger partial charge is 0.422 e. The minimum absolute atomic E-state index is 0. The van der Waals surface area contributed by atoms with Crippen molar-refractivity contribution in [2.75, 3.05) is 26.7 Å². The van der Waals surface area contributed by atoms with Crippen LogP contribution in [0.5, 0.6) is 5.75 Å². The van der Waals surface area contributed by atoms with E-state index in [0.29, 0.717) is 6.54 Å². The predicted octanol–water partition coefficient (Wildman–Crippen LogP) is 4.05. The first-order valence-electron chi connectivity index (χ1n) is 7.93. The lowest BCUT2D eigenvalue weighted by molar-refractivity contribution is -0.153. The molecule has 0 aliphatic carbocycles. The Morgan fingerprint density at radius 3 is 2.40 bits per heavy atom. The summed E-state index contributed by atoms with van der Waals surface area (Å²) in [5.41, 5.74) is 1.24. The van der Waals surface area contributed by atoms with Crippen LogP contribution in [0.3, 0.4) is 0 Å². The summed E-state index contributed by atoms with van der Waals surface area (Å²) < 4.78 is 41.1. The maximum atomic E-state index is 12.1. The fourth-order valence-corrected chi connectivity index (χ4v) is 2.68. The first kappa shape index (κ1) is 21.9. The minimum Gasteiger partial charge on any atom is -0.484 e. The van der Waals surface area contributed by atoms with Crippen LogP contribution in [0, 0.1) is 5.41 Å². The lowest BCUT2D eigenvalue weighted by Crippen LogP contribution is -2.40. The first-order valence-corrected chi connectivity index (χ1v) is 7.93. The molecule has 1 aromatic carbocycles. The summed E-state index contributed by atoms with van der Waals surface area (Å²) in [4.78, 5) is 6.53. The fraction of sp³-hybridized carbons (Fsp3) is 0.588. The second-order valence-corrected chi connectivity index (χ2v) is 6.78. The Morgan fingerprint density at radius 1 is 1.28 bits per heavy atom. The topological polar surface area (TPSA) is 36.9 Å². The standard InChI is InChI=1S/C17H24F3N3O.HI/c1-16(2)8-9-23(11-16)15(21-3)22-10-13-4-6-14(7-5-13)24-12-17(18,19)20;/h4-7H,8-12H2,1-3H3,(H,21,22);1H. The molecular formula is C17H25F3IN3O. The number of hydrogen-bond donors (Lipinski definition) is 1. The van der Waals surface area contributed by atoms with Crippen molar-refractivity contribution in [2.24, 2.45) is 10.4 Å². The van der Waals surface area contributed by atoms with E-state index >= 15 is 0 Å². The maximum Gasteiger partial charge on any atom is 0.422 e. The predicted molar refractivity (Wildman–Crippen MR) is 104 cm³/mol. The highest BCUT2D eigenvalue weighted by molar-refractivity contribution is 14.0. The third kappa shape index (κ3) is 7.29. The van der Waals surface area contributed by atoms with Crippen LogP contribution in [0.15, 0.2) is 29.3 Å². The van der Waals surface area contributed by atoms with Gasteiger partial charge in [-0.1, -0.05) is 26.0 Å². The summed E-state index contributed by atoms with van der Waals surface area (Å²) in [5.74, 6) is 1.06. The molecule has 1 aromatic rings. The zero-order valence-corrected chi connectivity index (χ0v) is 17.0. The van der Waals surface area contributed by atoms with Crippen molar-refractivity contribution in [3.05, 3.63) is 29.8 Å². The molecule has 1 aliphatic rings. The van der Waals surface area contributed by atoms with Crippen LogP contribution in [-0.4, -0.2) is 43.8 Å². The van der Waals surface area contributed by atoms with E-state index in [1.165, 1.54) is 0 Å². The van der Waals surface area contributed by atoms with Crippen LogP contribution in [0.4, 0.5) is 13.2 Å². The van der Waals surface area contributed by atoms with Crippen molar-refractivity contribution in [1.29, 1.82) is 0 Å². The molecule has 0 amide bonds. The van der Waals surface area contributed by atoms with Crippen molar-refractivity contribution in [3.63, 3.8) is 0 Å². The number of likely N-dealkylation sites (tertiary alicyclic amines) is 1. The van der Waals surface area contributed by atoms with E-state index in [4.69, 9.17) is 4.74 Å². The second-order valence-electron chi connectivity index (χ2n) is 6.78. The number of halogens is 4. The number of guanidine groups is 1. The quantitative estimate of drug-likeness (QED) is 0.409. The van der Waals surface area contributed by atoms with Gasteiger partial charge in [0.2, 0.25) is 0 Å². The van der Waals surface area contributed by atoms with Crippen molar-refractivity contribution in [2.45, 2.75) is 33.0 Å². The van der Waals surface area contributed by atoms with Gasteiger partial charge in [-0.25, -0.2) is 0 Å². The summed E-state index contributed by atoms with van der Waals surface area (Å²) in [5, 5.41) is 3.30. The molecule has 1 aliphatic heterocycles. The van der Waals surface area contributed by atoms with Crippen LogP contribution >= 0.6 is 24.0 Å². The summed E-state index contributed by atoms with van der Waals surface area (Å²) in [6, 6.07) is 6.59. The SMILES string of the molecule is CN=C(NCc1ccc(OCC(F)(F)F)cc1)N1CCC(C)(C)C1.I. The molecule has 0 aromatic heterocycles. The molecule has 142 valence electrons. The molecule has 25 heavy (non-hydrogen) atoms. The third-order valence-electron chi connectivity index (χ3n) is 3.97. The highest BCUT2D eigenvalue weighted by atomic mass is 127. The second kappa shape index (κ2) is 8.95.